The molecule has 0 saturated carbocycles. The van der Waals surface area contributed by atoms with Gasteiger partial charge in [0, 0.05) is 55.3 Å². The summed E-state index contributed by atoms with van der Waals surface area (Å²) in [4.78, 5) is 29.9. The van der Waals surface area contributed by atoms with Gasteiger partial charge in [0.05, 0.1) is 5.69 Å². The zero-order valence-corrected chi connectivity index (χ0v) is 17.3. The molecular formula is C23H24N6O2. The Morgan fingerprint density at radius 2 is 1.52 bits per heavy atom. The number of nitrogens with one attached hydrogen (secondary N) is 2. The summed E-state index contributed by atoms with van der Waals surface area (Å²) in [5.41, 5.74) is 3.22. The molecule has 2 aromatic heterocycles. The number of benzene rings is 1. The zero-order chi connectivity index (χ0) is 21.6. The predicted octanol–water partition coefficient (Wildman–Crippen LogP) is 3.35. The molecule has 1 fully saturated rings. The van der Waals surface area contributed by atoms with Gasteiger partial charge in [0.2, 0.25) is 11.8 Å². The topological polar surface area (TPSA) is 100 Å². The van der Waals surface area contributed by atoms with E-state index in [1.807, 2.05) is 24.3 Å². The maximum absolute atomic E-state index is 12.6. The third kappa shape index (κ3) is 5.22. The van der Waals surface area contributed by atoms with Gasteiger partial charge in [-0.25, -0.2) is 0 Å². The largest absolute Gasteiger partial charge is 0.355 e. The molecule has 2 amide bonds. The van der Waals surface area contributed by atoms with Gasteiger partial charge in [-0.1, -0.05) is 0 Å². The Morgan fingerprint density at radius 3 is 2.10 bits per heavy atom. The monoisotopic (exact) mass is 416 g/mol. The number of pyridine rings is 1. The van der Waals surface area contributed by atoms with E-state index in [9.17, 15) is 9.59 Å². The van der Waals surface area contributed by atoms with Gasteiger partial charge >= 0.3 is 0 Å². The first kappa shape index (κ1) is 20.5. The molecule has 31 heavy (non-hydrogen) atoms. The molecule has 2 N–H and O–H groups in total. The van der Waals surface area contributed by atoms with Crippen LogP contribution < -0.4 is 15.5 Å². The summed E-state index contributed by atoms with van der Waals surface area (Å²) < 4.78 is 0. The van der Waals surface area contributed by atoms with Crippen molar-refractivity contribution in [3.63, 3.8) is 0 Å². The Balaban J connectivity index is 1.30. The molecule has 1 aromatic carbocycles. The summed E-state index contributed by atoms with van der Waals surface area (Å²) in [6, 6.07) is 14.9. The molecule has 0 unspecified atom stereocenters. The number of carbonyl (C=O) groups is 2. The number of amides is 2. The van der Waals surface area contributed by atoms with Crippen molar-refractivity contribution in [2.24, 2.45) is 5.92 Å². The van der Waals surface area contributed by atoms with E-state index in [2.05, 4.69) is 30.7 Å². The molecule has 0 aliphatic carbocycles. The maximum Gasteiger partial charge on any atom is 0.227 e. The third-order valence-electron chi connectivity index (χ3n) is 5.29. The van der Waals surface area contributed by atoms with E-state index in [4.69, 9.17) is 0 Å². The Labute approximate surface area is 180 Å². The van der Waals surface area contributed by atoms with E-state index in [1.54, 1.807) is 36.7 Å². The van der Waals surface area contributed by atoms with Gasteiger partial charge in [-0.05, 0) is 61.4 Å². The van der Waals surface area contributed by atoms with E-state index in [0.29, 0.717) is 5.69 Å². The lowest BCUT2D eigenvalue weighted by molar-refractivity contribution is -0.120. The second kappa shape index (κ2) is 9.34. The van der Waals surface area contributed by atoms with Gasteiger partial charge in [-0.3, -0.25) is 14.6 Å². The number of rotatable bonds is 5. The lowest BCUT2D eigenvalue weighted by Gasteiger charge is -2.31. The van der Waals surface area contributed by atoms with Crippen LogP contribution >= 0.6 is 0 Å². The fourth-order valence-corrected chi connectivity index (χ4v) is 3.63. The lowest BCUT2D eigenvalue weighted by atomic mass is 9.95. The minimum Gasteiger partial charge on any atom is -0.355 e. The van der Waals surface area contributed by atoms with Gasteiger partial charge in [0.25, 0.3) is 0 Å². The normalized spacial score (nSPS) is 14.2. The summed E-state index contributed by atoms with van der Waals surface area (Å²) in [7, 11) is 0. The molecule has 0 radical (unpaired) electrons. The van der Waals surface area contributed by atoms with Crippen molar-refractivity contribution in [1.82, 2.24) is 15.2 Å². The fourth-order valence-electron chi connectivity index (χ4n) is 3.63. The average molecular weight is 416 g/mol. The highest BCUT2D eigenvalue weighted by Crippen LogP contribution is 2.24. The molecule has 4 rings (SSSR count). The maximum atomic E-state index is 12.6. The van der Waals surface area contributed by atoms with Crippen LogP contribution in [-0.2, 0) is 9.59 Å². The van der Waals surface area contributed by atoms with Gasteiger partial charge < -0.3 is 15.5 Å². The van der Waals surface area contributed by atoms with Crippen molar-refractivity contribution in [3.8, 4) is 11.3 Å². The van der Waals surface area contributed by atoms with Crippen LogP contribution in [0.15, 0.2) is 60.9 Å². The van der Waals surface area contributed by atoms with Crippen LogP contribution in [0.5, 0.6) is 0 Å². The molecule has 8 nitrogen and oxygen atoms in total. The van der Waals surface area contributed by atoms with Crippen LogP contribution in [0.4, 0.5) is 17.2 Å². The van der Waals surface area contributed by atoms with Crippen LogP contribution in [-0.4, -0.2) is 40.1 Å². The van der Waals surface area contributed by atoms with Gasteiger partial charge in [-0.2, -0.15) is 0 Å². The number of hydrogen-bond acceptors (Lipinski definition) is 6. The molecule has 1 saturated heterocycles. The van der Waals surface area contributed by atoms with Crippen LogP contribution in [0.25, 0.3) is 11.3 Å². The summed E-state index contributed by atoms with van der Waals surface area (Å²) in [6.45, 7) is 2.97. The molecule has 1 aliphatic rings. The molecule has 158 valence electrons. The van der Waals surface area contributed by atoms with Crippen molar-refractivity contribution >= 4 is 29.0 Å². The fraction of sp³-hybridized carbons (Fsp3) is 0.261. The number of carbonyl (C=O) groups excluding carboxylic acids is 2. The minimum atomic E-state index is -0.125. The summed E-state index contributed by atoms with van der Waals surface area (Å²) in [5, 5.41) is 14.4. The predicted molar refractivity (Wildman–Crippen MR) is 120 cm³/mol. The SMILES string of the molecule is CC(=O)Nc1ccc(NC(=O)C2CCN(c3ccc(-c4ccncc4)nn3)CC2)cc1. The Bertz CT molecular complexity index is 1030. The summed E-state index contributed by atoms with van der Waals surface area (Å²) >= 11 is 0. The van der Waals surface area contributed by atoms with Crippen molar-refractivity contribution in [1.29, 1.82) is 0 Å². The Hall–Kier alpha value is -3.81. The molecular weight excluding hydrogens is 392 g/mol. The molecule has 8 heteroatoms. The first-order valence-electron chi connectivity index (χ1n) is 10.3. The van der Waals surface area contributed by atoms with E-state index < -0.39 is 0 Å². The first-order chi connectivity index (χ1) is 15.1. The summed E-state index contributed by atoms with van der Waals surface area (Å²) in [6.07, 6.45) is 4.98. The number of piperidine rings is 1. The van der Waals surface area contributed by atoms with Crippen LogP contribution in [0, 0.1) is 5.92 Å². The number of nitrogens with zero attached hydrogens (tertiary/aromatic N) is 4. The highest BCUT2D eigenvalue weighted by atomic mass is 16.2. The number of anilines is 3. The molecule has 0 atom stereocenters. The van der Waals surface area contributed by atoms with Crippen molar-refractivity contribution in [2.75, 3.05) is 28.6 Å². The molecule has 1 aliphatic heterocycles. The third-order valence-corrected chi connectivity index (χ3v) is 5.29. The van der Waals surface area contributed by atoms with E-state index in [0.717, 1.165) is 48.7 Å². The smallest absolute Gasteiger partial charge is 0.227 e. The van der Waals surface area contributed by atoms with E-state index in [1.165, 1.54) is 6.92 Å². The second-order valence-electron chi connectivity index (χ2n) is 7.52. The van der Waals surface area contributed by atoms with Gasteiger partial charge in [0.1, 0.15) is 0 Å². The van der Waals surface area contributed by atoms with Crippen LogP contribution in [0.1, 0.15) is 19.8 Å². The Morgan fingerprint density at radius 1 is 0.871 bits per heavy atom. The molecule has 3 heterocycles. The highest BCUT2D eigenvalue weighted by Gasteiger charge is 2.26. The minimum absolute atomic E-state index is 0.0195. The highest BCUT2D eigenvalue weighted by molar-refractivity contribution is 5.93. The quantitative estimate of drug-likeness (QED) is 0.662. The molecule has 3 aromatic rings. The van der Waals surface area contributed by atoms with E-state index >= 15 is 0 Å². The molecule has 0 spiro atoms. The van der Waals surface area contributed by atoms with Gasteiger partial charge in [-0.15, -0.1) is 10.2 Å². The molecule has 0 bridgehead atoms. The average Bonchev–Trinajstić information content (AvgIpc) is 2.81. The second-order valence-corrected chi connectivity index (χ2v) is 7.52. The van der Waals surface area contributed by atoms with Crippen LogP contribution in [0.3, 0.4) is 0 Å². The Kier molecular flexibility index (Phi) is 6.16. The number of aromatic nitrogens is 3. The lowest BCUT2D eigenvalue weighted by Crippen LogP contribution is -2.38. The van der Waals surface area contributed by atoms with Crippen LogP contribution in [0.2, 0.25) is 0 Å². The van der Waals surface area contributed by atoms with Crippen molar-refractivity contribution in [3.05, 3.63) is 60.9 Å². The summed E-state index contributed by atoms with van der Waals surface area (Å²) in [5.74, 6) is 0.673. The van der Waals surface area contributed by atoms with E-state index in [-0.39, 0.29) is 17.7 Å². The van der Waals surface area contributed by atoms with Crippen molar-refractivity contribution < 1.29 is 9.59 Å². The van der Waals surface area contributed by atoms with Crippen molar-refractivity contribution in [2.45, 2.75) is 19.8 Å². The van der Waals surface area contributed by atoms with Gasteiger partial charge in [0.15, 0.2) is 5.82 Å². The first-order valence-corrected chi connectivity index (χ1v) is 10.3. The number of hydrogen-bond donors (Lipinski definition) is 2. The standard InChI is InChI=1S/C23H24N6O2/c1-16(30)25-19-2-4-20(5-3-19)26-23(31)18-10-14-29(15-11-18)22-7-6-21(27-28-22)17-8-12-24-13-9-17/h2-9,12-13,18H,10-11,14-15H2,1H3,(H,25,30)(H,26,31). The zero-order valence-electron chi connectivity index (χ0n) is 17.3.